The molecule has 98 valence electrons. The summed E-state index contributed by atoms with van der Waals surface area (Å²) in [6, 6.07) is -1.38. The van der Waals surface area contributed by atoms with Crippen LogP contribution in [0.5, 0.6) is 0 Å². The van der Waals surface area contributed by atoms with Gasteiger partial charge in [0.25, 0.3) is 0 Å². The fraction of sp³-hybridized carbons (Fsp3) is 0.667. The molecule has 0 aliphatic carbocycles. The minimum absolute atomic E-state index is 0.0348. The maximum absolute atomic E-state index is 10.9. The first-order chi connectivity index (χ1) is 7.88. The molecule has 0 aromatic heterocycles. The van der Waals surface area contributed by atoms with Gasteiger partial charge < -0.3 is 20.1 Å². The van der Waals surface area contributed by atoms with Crippen LogP contribution in [-0.2, 0) is 19.1 Å². The average Bonchev–Trinajstić information content (AvgIpc) is 2.19. The van der Waals surface area contributed by atoms with Crippen molar-refractivity contribution in [3.8, 4) is 0 Å². The maximum Gasteiger partial charge on any atom is 0.321 e. The largest absolute Gasteiger partial charge is 0.481 e. The Kier molecular flexibility index (Phi) is 6.83. The number of hydrogen-bond donors (Lipinski definition) is 3. The van der Waals surface area contributed by atoms with Crippen LogP contribution in [0.4, 0.5) is 0 Å². The van der Waals surface area contributed by atoms with Crippen LogP contribution in [-0.4, -0.2) is 71.0 Å². The van der Waals surface area contributed by atoms with E-state index in [0.717, 1.165) is 4.90 Å². The lowest BCUT2D eigenvalue weighted by molar-refractivity contribution is -0.152. The van der Waals surface area contributed by atoms with Crippen molar-refractivity contribution in [2.75, 3.05) is 26.8 Å². The van der Waals surface area contributed by atoms with Gasteiger partial charge in [0.05, 0.1) is 19.6 Å². The summed E-state index contributed by atoms with van der Waals surface area (Å²) in [7, 11) is 1.38. The van der Waals surface area contributed by atoms with Gasteiger partial charge in [-0.3, -0.25) is 19.3 Å². The number of aliphatic carboxylic acids is 3. The SMILES string of the molecule is COCCN(CC(=O)O)[C@@H](CC(=O)O)C(=O)O. The van der Waals surface area contributed by atoms with Crippen molar-refractivity contribution in [2.45, 2.75) is 12.5 Å². The second kappa shape index (κ2) is 7.58. The first-order valence-corrected chi connectivity index (χ1v) is 4.77. The molecule has 1 atom stereocenters. The Morgan fingerprint density at radius 1 is 1.18 bits per heavy atom. The summed E-state index contributed by atoms with van der Waals surface area (Å²) in [4.78, 5) is 33.0. The van der Waals surface area contributed by atoms with E-state index in [0.29, 0.717) is 0 Å². The molecule has 0 aliphatic rings. The zero-order valence-corrected chi connectivity index (χ0v) is 9.33. The summed E-state index contributed by atoms with van der Waals surface area (Å²) in [6.45, 7) is -0.392. The predicted octanol–water partition coefficient (Wildman–Crippen LogP) is -1.05. The fourth-order valence-electron chi connectivity index (χ4n) is 1.27. The highest BCUT2D eigenvalue weighted by molar-refractivity contribution is 5.81. The van der Waals surface area contributed by atoms with Gasteiger partial charge in [0.2, 0.25) is 0 Å². The molecule has 0 aromatic rings. The molecule has 17 heavy (non-hydrogen) atoms. The maximum atomic E-state index is 10.9. The van der Waals surface area contributed by atoms with Crippen molar-refractivity contribution in [1.29, 1.82) is 0 Å². The molecule has 0 radical (unpaired) electrons. The standard InChI is InChI=1S/C9H15NO7/c1-17-3-2-10(5-8(13)14)6(9(15)16)4-7(11)12/h6H,2-5H2,1H3,(H,11,12)(H,13,14)(H,15,16)/t6-/m0/s1. The number of carboxylic acid groups (broad SMARTS) is 3. The third kappa shape index (κ3) is 6.48. The molecule has 0 rings (SSSR count). The van der Waals surface area contributed by atoms with Gasteiger partial charge in [-0.25, -0.2) is 0 Å². The van der Waals surface area contributed by atoms with Crippen LogP contribution < -0.4 is 0 Å². The van der Waals surface area contributed by atoms with E-state index in [1.807, 2.05) is 0 Å². The summed E-state index contributed by atoms with van der Waals surface area (Å²) >= 11 is 0. The van der Waals surface area contributed by atoms with E-state index in [9.17, 15) is 14.4 Å². The molecule has 0 saturated carbocycles. The van der Waals surface area contributed by atoms with Crippen LogP contribution in [0.3, 0.4) is 0 Å². The summed E-state index contributed by atoms with van der Waals surface area (Å²) in [5, 5.41) is 26.1. The lowest BCUT2D eigenvalue weighted by Crippen LogP contribution is -2.46. The van der Waals surface area contributed by atoms with Crippen LogP contribution >= 0.6 is 0 Å². The average molecular weight is 249 g/mol. The monoisotopic (exact) mass is 249 g/mol. The number of methoxy groups -OCH3 is 1. The van der Waals surface area contributed by atoms with Crippen molar-refractivity contribution >= 4 is 17.9 Å². The Bertz CT molecular complexity index is 291. The highest BCUT2D eigenvalue weighted by Gasteiger charge is 2.29. The molecule has 0 aromatic carbocycles. The first-order valence-electron chi connectivity index (χ1n) is 4.77. The van der Waals surface area contributed by atoms with E-state index in [4.69, 9.17) is 20.1 Å². The van der Waals surface area contributed by atoms with Crippen LogP contribution in [0.2, 0.25) is 0 Å². The van der Waals surface area contributed by atoms with Gasteiger partial charge in [-0.2, -0.15) is 0 Å². The molecule has 0 aliphatic heterocycles. The first kappa shape index (κ1) is 15.3. The van der Waals surface area contributed by atoms with E-state index in [1.165, 1.54) is 7.11 Å². The molecule has 0 fully saturated rings. The zero-order chi connectivity index (χ0) is 13.4. The number of carboxylic acids is 3. The Morgan fingerprint density at radius 3 is 2.12 bits per heavy atom. The van der Waals surface area contributed by atoms with Crippen molar-refractivity contribution < 1.29 is 34.4 Å². The minimum atomic E-state index is -1.38. The fourth-order valence-corrected chi connectivity index (χ4v) is 1.27. The molecule has 8 nitrogen and oxygen atoms in total. The summed E-state index contributed by atoms with van der Waals surface area (Å²) in [5.74, 6) is -3.90. The normalized spacial score (nSPS) is 12.4. The molecular weight excluding hydrogens is 234 g/mol. The van der Waals surface area contributed by atoms with Gasteiger partial charge in [-0.05, 0) is 0 Å². The van der Waals surface area contributed by atoms with Gasteiger partial charge >= 0.3 is 17.9 Å². The lowest BCUT2D eigenvalue weighted by atomic mass is 10.1. The Labute approximate surface area is 97.4 Å². The van der Waals surface area contributed by atoms with E-state index in [1.54, 1.807) is 0 Å². The molecule has 0 heterocycles. The Hall–Kier alpha value is -1.67. The second-order valence-electron chi connectivity index (χ2n) is 3.31. The van der Waals surface area contributed by atoms with Gasteiger partial charge in [0.15, 0.2) is 0 Å². The summed E-state index contributed by atoms with van der Waals surface area (Å²) in [5.41, 5.74) is 0. The quantitative estimate of drug-likeness (QED) is 0.472. The van der Waals surface area contributed by atoms with Gasteiger partial charge in [0.1, 0.15) is 6.04 Å². The molecule has 0 unspecified atom stereocenters. The van der Waals surface area contributed by atoms with Crippen molar-refractivity contribution in [3.63, 3.8) is 0 Å². The highest BCUT2D eigenvalue weighted by Crippen LogP contribution is 2.05. The number of rotatable bonds is 9. The Balaban J connectivity index is 4.71. The van der Waals surface area contributed by atoms with E-state index in [-0.39, 0.29) is 13.2 Å². The number of carbonyl (C=O) groups is 3. The van der Waals surface area contributed by atoms with Gasteiger partial charge in [0, 0.05) is 13.7 Å². The van der Waals surface area contributed by atoms with Crippen LogP contribution in [0.15, 0.2) is 0 Å². The van der Waals surface area contributed by atoms with Crippen molar-refractivity contribution in [2.24, 2.45) is 0 Å². The molecule has 0 bridgehead atoms. The van der Waals surface area contributed by atoms with Crippen molar-refractivity contribution in [1.82, 2.24) is 4.90 Å². The minimum Gasteiger partial charge on any atom is -0.481 e. The Morgan fingerprint density at radius 2 is 1.76 bits per heavy atom. The van der Waals surface area contributed by atoms with Crippen LogP contribution in [0, 0.1) is 0 Å². The molecule has 0 amide bonds. The summed E-state index contributed by atoms with van der Waals surface area (Å²) in [6.07, 6.45) is -0.660. The third-order valence-corrected chi connectivity index (χ3v) is 2.01. The number of nitrogens with zero attached hydrogens (tertiary/aromatic N) is 1. The lowest BCUT2D eigenvalue weighted by Gasteiger charge is -2.25. The number of ether oxygens (including phenoxy) is 1. The smallest absolute Gasteiger partial charge is 0.321 e. The highest BCUT2D eigenvalue weighted by atomic mass is 16.5. The predicted molar refractivity (Wildman–Crippen MR) is 54.8 cm³/mol. The van der Waals surface area contributed by atoms with Crippen LogP contribution in [0.25, 0.3) is 0 Å². The van der Waals surface area contributed by atoms with Crippen LogP contribution in [0.1, 0.15) is 6.42 Å². The molecular formula is C9H15NO7. The van der Waals surface area contributed by atoms with E-state index < -0.39 is 36.9 Å². The molecule has 3 N–H and O–H groups in total. The van der Waals surface area contributed by atoms with E-state index in [2.05, 4.69) is 0 Å². The zero-order valence-electron chi connectivity index (χ0n) is 9.33. The summed E-state index contributed by atoms with van der Waals surface area (Å²) < 4.78 is 4.71. The third-order valence-electron chi connectivity index (χ3n) is 2.01. The van der Waals surface area contributed by atoms with Gasteiger partial charge in [-0.1, -0.05) is 0 Å². The second-order valence-corrected chi connectivity index (χ2v) is 3.31. The molecule has 8 heteroatoms. The van der Waals surface area contributed by atoms with E-state index >= 15 is 0 Å². The van der Waals surface area contributed by atoms with Gasteiger partial charge in [-0.15, -0.1) is 0 Å². The van der Waals surface area contributed by atoms with Crippen molar-refractivity contribution in [3.05, 3.63) is 0 Å². The molecule has 0 spiro atoms. The number of hydrogen-bond acceptors (Lipinski definition) is 5. The topological polar surface area (TPSA) is 124 Å². The molecule has 0 saturated heterocycles.